The van der Waals surface area contributed by atoms with E-state index < -0.39 is 17.4 Å². The lowest BCUT2D eigenvalue weighted by molar-refractivity contribution is -0.0499. The van der Waals surface area contributed by atoms with Crippen LogP contribution in [0.1, 0.15) is 11.6 Å². The van der Waals surface area contributed by atoms with Gasteiger partial charge in [0.15, 0.2) is 0 Å². The van der Waals surface area contributed by atoms with Crippen molar-refractivity contribution < 1.29 is 17.7 Å². The third-order valence-corrected chi connectivity index (χ3v) is 3.92. The average Bonchev–Trinajstić information content (AvgIpc) is 2.28. The Bertz CT molecular complexity index is 414. The van der Waals surface area contributed by atoms with Crippen molar-refractivity contribution >= 4 is 10.8 Å². The zero-order valence-corrected chi connectivity index (χ0v) is 9.88. The largest absolute Gasteiger partial charge is 0.435 e. The molecule has 1 aromatic rings. The van der Waals surface area contributed by atoms with Crippen molar-refractivity contribution in [1.29, 1.82) is 0 Å². The van der Waals surface area contributed by atoms with E-state index in [1.54, 1.807) is 12.1 Å². The highest BCUT2D eigenvalue weighted by Gasteiger charge is 2.19. The van der Waals surface area contributed by atoms with E-state index in [4.69, 9.17) is 0 Å². The van der Waals surface area contributed by atoms with Gasteiger partial charge in [-0.1, -0.05) is 12.1 Å². The smallest absolute Gasteiger partial charge is 0.387 e. The Morgan fingerprint density at radius 3 is 3.00 bits per heavy atom. The Hall–Kier alpha value is -1.01. The Morgan fingerprint density at radius 1 is 1.47 bits per heavy atom. The number of halogens is 2. The molecule has 0 bridgehead atoms. The van der Waals surface area contributed by atoms with Crippen molar-refractivity contribution in [2.24, 2.45) is 0 Å². The zero-order chi connectivity index (χ0) is 12.3. The van der Waals surface area contributed by atoms with E-state index in [2.05, 4.69) is 10.1 Å². The number of rotatable bonds is 3. The molecule has 1 heterocycles. The van der Waals surface area contributed by atoms with E-state index in [0.29, 0.717) is 18.1 Å². The molecule has 1 fully saturated rings. The van der Waals surface area contributed by atoms with E-state index in [9.17, 15) is 13.0 Å². The number of nitrogens with one attached hydrogen (secondary N) is 1. The van der Waals surface area contributed by atoms with Gasteiger partial charge in [0.1, 0.15) is 5.75 Å². The van der Waals surface area contributed by atoms with Gasteiger partial charge in [-0.3, -0.25) is 4.21 Å². The minimum absolute atomic E-state index is 0.0502. The van der Waals surface area contributed by atoms with Gasteiger partial charge in [-0.15, -0.1) is 0 Å². The monoisotopic (exact) mass is 261 g/mol. The van der Waals surface area contributed by atoms with E-state index in [-0.39, 0.29) is 11.8 Å². The van der Waals surface area contributed by atoms with Crippen molar-refractivity contribution in [3.05, 3.63) is 29.8 Å². The summed E-state index contributed by atoms with van der Waals surface area (Å²) >= 11 is 0. The Balaban J connectivity index is 2.12. The number of hydrogen-bond acceptors (Lipinski definition) is 3. The second-order valence-electron chi connectivity index (χ2n) is 3.77. The quantitative estimate of drug-likeness (QED) is 0.899. The maximum absolute atomic E-state index is 12.1. The lowest BCUT2D eigenvalue weighted by Gasteiger charge is -2.23. The van der Waals surface area contributed by atoms with Crippen molar-refractivity contribution in [2.45, 2.75) is 12.7 Å². The Morgan fingerprint density at radius 2 is 2.29 bits per heavy atom. The predicted molar refractivity (Wildman–Crippen MR) is 61.7 cm³/mol. The topological polar surface area (TPSA) is 38.3 Å². The molecular formula is C11H13F2NO2S. The van der Waals surface area contributed by atoms with E-state index in [1.165, 1.54) is 6.07 Å². The fourth-order valence-electron chi connectivity index (χ4n) is 1.80. The third kappa shape index (κ3) is 3.47. The first-order valence-corrected chi connectivity index (χ1v) is 6.77. The van der Waals surface area contributed by atoms with E-state index in [0.717, 1.165) is 5.56 Å². The van der Waals surface area contributed by atoms with Crippen LogP contribution >= 0.6 is 0 Å². The molecule has 0 radical (unpaired) electrons. The molecule has 0 spiro atoms. The highest BCUT2D eigenvalue weighted by molar-refractivity contribution is 7.85. The number of hydrogen-bond donors (Lipinski definition) is 1. The van der Waals surface area contributed by atoms with Crippen molar-refractivity contribution in [3.8, 4) is 5.75 Å². The Labute approximate surface area is 101 Å². The molecule has 0 amide bonds. The normalized spacial score (nSPS) is 24.9. The van der Waals surface area contributed by atoms with Crippen LogP contribution in [0.4, 0.5) is 8.78 Å². The Kier molecular flexibility index (Phi) is 4.06. The van der Waals surface area contributed by atoms with Gasteiger partial charge in [0, 0.05) is 34.9 Å². The molecule has 2 unspecified atom stereocenters. The summed E-state index contributed by atoms with van der Waals surface area (Å²) in [7, 11) is -0.840. The molecule has 2 atom stereocenters. The van der Waals surface area contributed by atoms with Crippen LogP contribution in [0.15, 0.2) is 24.3 Å². The molecule has 2 rings (SSSR count). The highest BCUT2D eigenvalue weighted by Crippen LogP contribution is 2.22. The molecule has 1 saturated heterocycles. The summed E-state index contributed by atoms with van der Waals surface area (Å²) < 4.78 is 39.9. The van der Waals surface area contributed by atoms with Crippen LogP contribution in [0.5, 0.6) is 5.75 Å². The molecule has 1 N–H and O–H groups in total. The van der Waals surface area contributed by atoms with Gasteiger partial charge in [-0.25, -0.2) is 0 Å². The summed E-state index contributed by atoms with van der Waals surface area (Å²) in [4.78, 5) is 0. The molecule has 0 aliphatic carbocycles. The molecule has 0 aromatic heterocycles. The molecule has 17 heavy (non-hydrogen) atoms. The van der Waals surface area contributed by atoms with Gasteiger partial charge in [0.25, 0.3) is 0 Å². The fourth-order valence-corrected chi connectivity index (χ4v) is 2.99. The van der Waals surface area contributed by atoms with Crippen LogP contribution in [0.3, 0.4) is 0 Å². The molecule has 1 aliphatic rings. The molecule has 0 saturated carbocycles. The summed E-state index contributed by atoms with van der Waals surface area (Å²) in [6.07, 6.45) is 0. The average molecular weight is 261 g/mol. The summed E-state index contributed by atoms with van der Waals surface area (Å²) in [6, 6.07) is 6.47. The standard InChI is InChI=1S/C11H13F2NO2S/c12-11(13)16-9-3-1-2-8(6-9)10-7-17(15)5-4-14-10/h1-3,6,10-11,14H,4-5,7H2. The maximum Gasteiger partial charge on any atom is 0.387 e. The lowest BCUT2D eigenvalue weighted by Crippen LogP contribution is -2.36. The van der Waals surface area contributed by atoms with Crippen molar-refractivity contribution in [1.82, 2.24) is 5.32 Å². The molecule has 1 aromatic carbocycles. The van der Waals surface area contributed by atoms with Gasteiger partial charge in [-0.05, 0) is 17.7 Å². The molecular weight excluding hydrogens is 248 g/mol. The first kappa shape index (κ1) is 12.4. The zero-order valence-electron chi connectivity index (χ0n) is 9.07. The minimum atomic E-state index is -2.82. The van der Waals surface area contributed by atoms with Gasteiger partial charge in [-0.2, -0.15) is 8.78 Å². The SMILES string of the molecule is O=S1CCNC(c2cccc(OC(F)F)c2)C1. The fraction of sp³-hybridized carbons (Fsp3) is 0.455. The van der Waals surface area contributed by atoms with E-state index in [1.807, 2.05) is 6.07 Å². The van der Waals surface area contributed by atoms with Crippen LogP contribution in [-0.4, -0.2) is 28.9 Å². The predicted octanol–water partition coefficient (Wildman–Crippen LogP) is 1.68. The van der Waals surface area contributed by atoms with E-state index >= 15 is 0 Å². The van der Waals surface area contributed by atoms with Gasteiger partial charge < -0.3 is 10.1 Å². The van der Waals surface area contributed by atoms with Crippen molar-refractivity contribution in [2.75, 3.05) is 18.1 Å². The van der Waals surface area contributed by atoms with Gasteiger partial charge in [0.2, 0.25) is 0 Å². The highest BCUT2D eigenvalue weighted by atomic mass is 32.2. The van der Waals surface area contributed by atoms with Gasteiger partial charge >= 0.3 is 6.61 Å². The van der Waals surface area contributed by atoms with Crippen LogP contribution in [-0.2, 0) is 10.8 Å². The van der Waals surface area contributed by atoms with Gasteiger partial charge in [0.05, 0.1) is 0 Å². The van der Waals surface area contributed by atoms with Crippen LogP contribution in [0.25, 0.3) is 0 Å². The molecule has 3 nitrogen and oxygen atoms in total. The molecule has 6 heteroatoms. The molecule has 94 valence electrons. The summed E-state index contributed by atoms with van der Waals surface area (Å²) in [5.41, 5.74) is 0.830. The second-order valence-corrected chi connectivity index (χ2v) is 5.39. The van der Waals surface area contributed by atoms with Crippen LogP contribution < -0.4 is 10.1 Å². The van der Waals surface area contributed by atoms with Crippen LogP contribution in [0, 0.1) is 0 Å². The van der Waals surface area contributed by atoms with Crippen LogP contribution in [0.2, 0.25) is 0 Å². The van der Waals surface area contributed by atoms with Crippen molar-refractivity contribution in [3.63, 3.8) is 0 Å². The minimum Gasteiger partial charge on any atom is -0.435 e. The molecule has 1 aliphatic heterocycles. The number of alkyl halides is 2. The summed E-state index contributed by atoms with van der Waals surface area (Å²) in [5, 5.41) is 3.21. The maximum atomic E-state index is 12.1. The number of benzene rings is 1. The second kappa shape index (κ2) is 5.55. The first-order chi connectivity index (χ1) is 8.15. The first-order valence-electron chi connectivity index (χ1n) is 5.28. The summed E-state index contributed by atoms with van der Waals surface area (Å²) in [5.74, 6) is 1.29. The summed E-state index contributed by atoms with van der Waals surface area (Å²) in [6.45, 7) is -2.14. The number of ether oxygens (including phenoxy) is 1. The third-order valence-electron chi connectivity index (χ3n) is 2.56. The lowest BCUT2D eigenvalue weighted by atomic mass is 10.1.